The zero-order chi connectivity index (χ0) is 6.15. The van der Waals surface area contributed by atoms with Gasteiger partial charge in [-0.1, -0.05) is 0 Å². The zero-order valence-electron chi connectivity index (χ0n) is 4.72. The Kier molecular flexibility index (Phi) is 1.90. The van der Waals surface area contributed by atoms with Crippen molar-refractivity contribution >= 4 is 43.6 Å². The first-order chi connectivity index (χ1) is 3.72. The molecular formula is C3H5AlIN3. The van der Waals surface area contributed by atoms with Crippen LogP contribution in [0, 0.1) is 3.83 Å². The Morgan fingerprint density at radius 3 is 2.38 bits per heavy atom. The van der Waals surface area contributed by atoms with Crippen LogP contribution in [0.4, 0.5) is 0 Å². The van der Waals surface area contributed by atoms with E-state index in [0.717, 1.165) is 24.8 Å². The molecule has 1 aromatic heterocycles. The molecule has 0 saturated carbocycles. The van der Waals surface area contributed by atoms with Crippen molar-refractivity contribution in [3.63, 3.8) is 0 Å². The Morgan fingerprint density at radius 1 is 1.62 bits per heavy atom. The molecule has 0 aliphatic heterocycles. The van der Waals surface area contributed by atoms with Gasteiger partial charge in [-0.2, -0.15) is 5.10 Å². The minimum Gasteiger partial charge on any atom is -0.326 e. The summed E-state index contributed by atoms with van der Waals surface area (Å²) < 4.78 is 4.05. The number of halogens is 1. The first-order valence-corrected chi connectivity index (χ1v) is 4.31. The summed E-state index contributed by atoms with van der Waals surface area (Å²) in [5, 5.41) is 7.73. The highest BCUT2D eigenvalue weighted by molar-refractivity contribution is 14.1. The summed E-state index contributed by atoms with van der Waals surface area (Å²) in [6.45, 7) is 0. The van der Waals surface area contributed by atoms with E-state index in [0.29, 0.717) is 0 Å². The second-order valence-corrected chi connectivity index (χ2v) is 3.43. The van der Waals surface area contributed by atoms with Crippen LogP contribution >= 0.6 is 22.6 Å². The van der Waals surface area contributed by atoms with Gasteiger partial charge in [-0.25, -0.2) is 0 Å². The van der Waals surface area contributed by atoms with Crippen LogP contribution in [-0.4, -0.2) is 31.1 Å². The molecule has 0 saturated heterocycles. The summed E-state index contributed by atoms with van der Waals surface area (Å²) in [7, 11) is 1.98. The lowest BCUT2D eigenvalue weighted by molar-refractivity contribution is 0.900. The molecule has 0 fully saturated rings. The molecule has 0 aliphatic carbocycles. The lowest BCUT2D eigenvalue weighted by atomic mass is 11.1. The Bertz CT molecular complexity index is 177. The Balaban J connectivity index is 3.19. The van der Waals surface area contributed by atoms with Gasteiger partial charge in [0.15, 0.2) is 3.83 Å². The van der Waals surface area contributed by atoms with E-state index in [-0.39, 0.29) is 0 Å². The highest BCUT2D eigenvalue weighted by Gasteiger charge is 1.96. The molecule has 1 heterocycles. The molecule has 0 radical (unpaired) electrons. The van der Waals surface area contributed by atoms with Crippen molar-refractivity contribution in [1.82, 2.24) is 14.8 Å². The van der Waals surface area contributed by atoms with Gasteiger partial charge in [0.2, 0.25) is 0 Å². The summed E-state index contributed by atoms with van der Waals surface area (Å²) in [5.41, 5.74) is 0. The molecule has 8 heavy (non-hydrogen) atoms. The Labute approximate surface area is 69.0 Å². The van der Waals surface area contributed by atoms with Crippen molar-refractivity contribution in [3.05, 3.63) is 3.83 Å². The zero-order valence-corrected chi connectivity index (χ0v) is 8.88. The molecule has 0 aliphatic rings. The van der Waals surface area contributed by atoms with Crippen molar-refractivity contribution in [2.45, 2.75) is 0 Å². The van der Waals surface area contributed by atoms with Gasteiger partial charge in [-0.05, 0) is 0 Å². The fraction of sp³-hybridized carbons (Fsp3) is 0.333. The Hall–Kier alpha value is 0.402. The summed E-state index contributed by atoms with van der Waals surface area (Å²) in [6.07, 6.45) is 0. The van der Waals surface area contributed by atoms with Crippen LogP contribution in [0.1, 0.15) is 0 Å². The predicted molar refractivity (Wildman–Crippen MR) is 41.9 cm³/mol. The molecule has 0 aromatic carbocycles. The van der Waals surface area contributed by atoms with E-state index in [1.54, 1.807) is 0 Å². The standard InChI is InChI=1S/C3H3IN3.Al.2H/c1-7-2-5-6-3(7)4;;;/h1H3;;;. The van der Waals surface area contributed by atoms with Gasteiger partial charge in [0.1, 0.15) is 0 Å². The van der Waals surface area contributed by atoms with Crippen LogP contribution in [-0.2, 0) is 7.05 Å². The highest BCUT2D eigenvalue weighted by atomic mass is 127. The molecule has 0 bridgehead atoms. The molecule has 3 nitrogen and oxygen atoms in total. The van der Waals surface area contributed by atoms with Crippen molar-refractivity contribution < 1.29 is 0 Å². The molecule has 0 amide bonds. The maximum Gasteiger partial charge on any atom is 0.321 e. The van der Waals surface area contributed by atoms with E-state index in [1.165, 1.54) is 0 Å². The summed E-state index contributed by atoms with van der Waals surface area (Å²) in [6, 6.07) is 0. The van der Waals surface area contributed by atoms with E-state index in [2.05, 4.69) is 32.8 Å². The molecular weight excluding hydrogens is 232 g/mol. The van der Waals surface area contributed by atoms with Gasteiger partial charge in [0.25, 0.3) is 0 Å². The first-order valence-electron chi connectivity index (χ1n) is 2.23. The summed E-state index contributed by atoms with van der Waals surface area (Å²) in [5.74, 6) is 0. The maximum atomic E-state index is 3.88. The minimum atomic E-state index is 0.965. The van der Waals surface area contributed by atoms with Crippen LogP contribution in [0.25, 0.3) is 0 Å². The molecule has 0 spiro atoms. The third kappa shape index (κ3) is 1.04. The van der Waals surface area contributed by atoms with Crippen molar-refractivity contribution in [1.29, 1.82) is 0 Å². The second kappa shape index (κ2) is 2.33. The van der Waals surface area contributed by atoms with E-state index in [1.807, 2.05) is 11.6 Å². The van der Waals surface area contributed by atoms with Gasteiger partial charge in [-0.3, -0.25) is 0 Å². The van der Waals surface area contributed by atoms with Gasteiger partial charge in [-0.15, -0.1) is 5.10 Å². The molecule has 1 rings (SSSR count). The largest absolute Gasteiger partial charge is 0.326 e. The fourth-order valence-corrected chi connectivity index (χ4v) is 1.61. The van der Waals surface area contributed by atoms with Crippen LogP contribution in [0.15, 0.2) is 0 Å². The van der Waals surface area contributed by atoms with Gasteiger partial charge >= 0.3 is 16.3 Å². The highest BCUT2D eigenvalue weighted by Crippen LogP contribution is 1.91. The second-order valence-electron chi connectivity index (χ2n) is 1.58. The summed E-state index contributed by atoms with van der Waals surface area (Å²) >= 11 is 3.14. The maximum absolute atomic E-state index is 3.88. The van der Waals surface area contributed by atoms with Crippen molar-refractivity contribution in [3.8, 4) is 0 Å². The van der Waals surface area contributed by atoms with Gasteiger partial charge in [0, 0.05) is 34.3 Å². The SMILES string of the molecule is Cn1[c]([AlH2])nnc1I. The lowest BCUT2D eigenvalue weighted by Gasteiger charge is -1.90. The quantitative estimate of drug-likeness (QED) is 0.414. The minimum absolute atomic E-state index is 0.965. The first kappa shape index (κ1) is 6.52. The molecule has 5 heteroatoms. The van der Waals surface area contributed by atoms with Crippen LogP contribution < -0.4 is 4.69 Å². The molecule has 0 unspecified atom stereocenters. The van der Waals surface area contributed by atoms with Crippen molar-refractivity contribution in [2.75, 3.05) is 0 Å². The van der Waals surface area contributed by atoms with Gasteiger partial charge in [0.05, 0.1) is 0 Å². The van der Waals surface area contributed by atoms with Gasteiger partial charge < -0.3 is 4.57 Å². The smallest absolute Gasteiger partial charge is 0.321 e. The normalized spacial score (nSPS) is 9.75. The third-order valence-corrected chi connectivity index (χ3v) is 2.85. The van der Waals surface area contributed by atoms with Crippen LogP contribution in [0.5, 0.6) is 0 Å². The number of nitrogens with zero attached hydrogens (tertiary/aromatic N) is 3. The molecule has 0 atom stereocenters. The summed E-state index contributed by atoms with van der Waals surface area (Å²) in [4.78, 5) is 0. The number of hydrogen-bond donors (Lipinski definition) is 0. The van der Waals surface area contributed by atoms with Crippen LogP contribution in [0.3, 0.4) is 0 Å². The number of rotatable bonds is 0. The number of aromatic nitrogens is 3. The third-order valence-electron chi connectivity index (χ3n) is 1.04. The average molecular weight is 237 g/mol. The molecule has 1 aromatic rings. The lowest BCUT2D eigenvalue weighted by Crippen LogP contribution is -2.16. The predicted octanol–water partition coefficient (Wildman–Crippen LogP) is -1.32. The van der Waals surface area contributed by atoms with E-state index in [4.69, 9.17) is 0 Å². The average Bonchev–Trinajstić information content (AvgIpc) is 1.98. The van der Waals surface area contributed by atoms with E-state index in [9.17, 15) is 0 Å². The van der Waals surface area contributed by atoms with Crippen LogP contribution in [0.2, 0.25) is 0 Å². The fourth-order valence-electron chi connectivity index (χ4n) is 0.381. The number of hydrogen-bond acceptors (Lipinski definition) is 2. The van der Waals surface area contributed by atoms with E-state index < -0.39 is 0 Å². The Morgan fingerprint density at radius 2 is 2.25 bits per heavy atom. The van der Waals surface area contributed by atoms with E-state index >= 15 is 0 Å². The molecule has 42 valence electrons. The monoisotopic (exact) mass is 237 g/mol. The molecule has 0 N–H and O–H groups in total. The van der Waals surface area contributed by atoms with Crippen molar-refractivity contribution in [2.24, 2.45) is 7.05 Å². The topological polar surface area (TPSA) is 30.7 Å².